The fraction of sp³-hybridized carbons (Fsp3) is 0.400. The smallest absolute Gasteiger partial charge is 0.0568 e. The van der Waals surface area contributed by atoms with Crippen molar-refractivity contribution in [2.45, 2.75) is 25.8 Å². The summed E-state index contributed by atoms with van der Waals surface area (Å²) in [5.41, 5.74) is 10.2. The lowest BCUT2D eigenvalue weighted by Crippen LogP contribution is -2.29. The number of nitrogens with two attached hydrogens (primary N) is 1. The molecule has 1 saturated heterocycles. The number of rotatable bonds is 2. The molecule has 0 amide bonds. The zero-order chi connectivity index (χ0) is 13.2. The Morgan fingerprint density at radius 3 is 2.84 bits per heavy atom. The third kappa shape index (κ3) is 2.49. The summed E-state index contributed by atoms with van der Waals surface area (Å²) in [5, 5.41) is 7.92. The Morgan fingerprint density at radius 1 is 1.32 bits per heavy atom. The molecule has 1 aliphatic heterocycles. The van der Waals surface area contributed by atoms with Crippen molar-refractivity contribution in [2.75, 3.05) is 18.8 Å². The molecule has 0 atom stereocenters. The van der Waals surface area contributed by atoms with Crippen LogP contribution in [0.25, 0.3) is 11.1 Å². The van der Waals surface area contributed by atoms with Gasteiger partial charge in [-0.25, -0.2) is 0 Å². The average molecular weight is 256 g/mol. The van der Waals surface area contributed by atoms with Crippen LogP contribution in [0.3, 0.4) is 0 Å². The summed E-state index contributed by atoms with van der Waals surface area (Å²) in [7, 11) is 0. The van der Waals surface area contributed by atoms with E-state index in [4.69, 9.17) is 5.73 Å². The number of hydrogen-bond donors (Lipinski definition) is 2. The first-order valence-electron chi connectivity index (χ1n) is 6.85. The van der Waals surface area contributed by atoms with Crippen LogP contribution in [0.5, 0.6) is 0 Å². The molecule has 4 nitrogen and oxygen atoms in total. The van der Waals surface area contributed by atoms with Gasteiger partial charge in [-0.05, 0) is 56.1 Å². The fourth-order valence-corrected chi connectivity index (χ4v) is 2.76. The molecule has 2 heterocycles. The first-order valence-corrected chi connectivity index (χ1v) is 6.85. The van der Waals surface area contributed by atoms with Crippen LogP contribution in [-0.2, 0) is 0 Å². The van der Waals surface area contributed by atoms with Gasteiger partial charge >= 0.3 is 0 Å². The Morgan fingerprint density at radius 2 is 2.11 bits per heavy atom. The van der Waals surface area contributed by atoms with Crippen LogP contribution in [-0.4, -0.2) is 22.9 Å². The largest absolute Gasteiger partial charge is 0.399 e. The Balaban J connectivity index is 1.87. The van der Waals surface area contributed by atoms with Crippen molar-refractivity contribution in [3.8, 4) is 11.1 Å². The number of piperidine rings is 1. The van der Waals surface area contributed by atoms with Crippen molar-refractivity contribution >= 4 is 5.69 Å². The van der Waals surface area contributed by atoms with Crippen LogP contribution in [0.4, 0.5) is 5.69 Å². The quantitative estimate of drug-likeness (QED) is 0.811. The molecule has 1 fully saturated rings. The van der Waals surface area contributed by atoms with Gasteiger partial charge in [-0.3, -0.25) is 4.68 Å². The van der Waals surface area contributed by atoms with Crippen molar-refractivity contribution in [1.29, 1.82) is 0 Å². The highest BCUT2D eigenvalue weighted by Gasteiger charge is 2.16. The molecular formula is C15H20N4. The minimum Gasteiger partial charge on any atom is -0.399 e. The van der Waals surface area contributed by atoms with Crippen molar-refractivity contribution in [3.05, 3.63) is 36.2 Å². The molecule has 0 bridgehead atoms. The van der Waals surface area contributed by atoms with Gasteiger partial charge in [0.25, 0.3) is 0 Å². The minimum absolute atomic E-state index is 0.532. The molecule has 0 radical (unpaired) electrons. The van der Waals surface area contributed by atoms with E-state index in [1.54, 1.807) is 0 Å². The van der Waals surface area contributed by atoms with Gasteiger partial charge < -0.3 is 11.1 Å². The molecule has 4 heteroatoms. The number of benzene rings is 1. The minimum atomic E-state index is 0.532. The van der Waals surface area contributed by atoms with Gasteiger partial charge in [0, 0.05) is 17.4 Å². The van der Waals surface area contributed by atoms with E-state index in [1.807, 2.05) is 18.3 Å². The zero-order valence-electron chi connectivity index (χ0n) is 11.3. The second kappa shape index (κ2) is 5.05. The summed E-state index contributed by atoms with van der Waals surface area (Å²) in [6.07, 6.45) is 6.43. The van der Waals surface area contributed by atoms with Crippen LogP contribution in [0, 0.1) is 6.92 Å². The highest BCUT2D eigenvalue weighted by atomic mass is 15.3. The van der Waals surface area contributed by atoms with E-state index in [1.165, 1.54) is 16.7 Å². The van der Waals surface area contributed by atoms with Crippen molar-refractivity contribution in [1.82, 2.24) is 15.1 Å². The average Bonchev–Trinajstić information content (AvgIpc) is 2.89. The number of nitrogen functional groups attached to an aromatic ring is 1. The highest BCUT2D eigenvalue weighted by Crippen LogP contribution is 2.26. The van der Waals surface area contributed by atoms with Crippen molar-refractivity contribution in [2.24, 2.45) is 0 Å². The Labute approximate surface area is 113 Å². The Hall–Kier alpha value is -1.81. The van der Waals surface area contributed by atoms with Crippen LogP contribution in [0.15, 0.2) is 30.6 Å². The number of aryl methyl sites for hydroxylation is 1. The molecule has 0 unspecified atom stereocenters. The summed E-state index contributed by atoms with van der Waals surface area (Å²) in [6.45, 7) is 4.26. The zero-order valence-corrected chi connectivity index (χ0v) is 11.3. The summed E-state index contributed by atoms with van der Waals surface area (Å²) in [4.78, 5) is 0. The summed E-state index contributed by atoms with van der Waals surface area (Å²) < 4.78 is 2.12. The molecular weight excluding hydrogens is 236 g/mol. The summed E-state index contributed by atoms with van der Waals surface area (Å²) in [6, 6.07) is 6.57. The van der Waals surface area contributed by atoms with E-state index >= 15 is 0 Å². The van der Waals surface area contributed by atoms with Crippen LogP contribution in [0.1, 0.15) is 24.4 Å². The number of aromatic nitrogens is 2. The molecule has 2 aromatic rings. The Bertz CT molecular complexity index is 567. The predicted octanol–water partition coefficient (Wildman–Crippen LogP) is 2.37. The third-order valence-electron chi connectivity index (χ3n) is 3.85. The first kappa shape index (κ1) is 12.2. The van der Waals surface area contributed by atoms with Crippen LogP contribution >= 0.6 is 0 Å². The lowest BCUT2D eigenvalue weighted by molar-refractivity contribution is 0.343. The lowest BCUT2D eigenvalue weighted by Gasteiger charge is -2.22. The predicted molar refractivity (Wildman–Crippen MR) is 78.0 cm³/mol. The van der Waals surface area contributed by atoms with Crippen molar-refractivity contribution in [3.63, 3.8) is 0 Å². The van der Waals surface area contributed by atoms with Gasteiger partial charge in [0.15, 0.2) is 0 Å². The van der Waals surface area contributed by atoms with Gasteiger partial charge in [-0.2, -0.15) is 5.10 Å². The molecule has 19 heavy (non-hydrogen) atoms. The number of nitrogens with zero attached hydrogens (tertiary/aromatic N) is 2. The topological polar surface area (TPSA) is 55.9 Å². The second-order valence-electron chi connectivity index (χ2n) is 5.26. The number of hydrogen-bond acceptors (Lipinski definition) is 3. The van der Waals surface area contributed by atoms with Gasteiger partial charge in [0.2, 0.25) is 0 Å². The van der Waals surface area contributed by atoms with Gasteiger partial charge in [-0.1, -0.05) is 6.07 Å². The van der Waals surface area contributed by atoms with E-state index in [0.29, 0.717) is 6.04 Å². The van der Waals surface area contributed by atoms with Gasteiger partial charge in [-0.15, -0.1) is 0 Å². The van der Waals surface area contributed by atoms with E-state index in [0.717, 1.165) is 31.6 Å². The highest BCUT2D eigenvalue weighted by molar-refractivity contribution is 5.68. The standard InChI is InChI=1S/C15H20N4/c1-11-8-13(16)2-3-15(11)12-9-18-19(10-12)14-4-6-17-7-5-14/h2-3,8-10,14,17H,4-7,16H2,1H3. The third-order valence-corrected chi connectivity index (χ3v) is 3.85. The van der Waals surface area contributed by atoms with Gasteiger partial charge in [0.1, 0.15) is 0 Å². The monoisotopic (exact) mass is 256 g/mol. The molecule has 0 spiro atoms. The van der Waals surface area contributed by atoms with E-state index in [9.17, 15) is 0 Å². The maximum absolute atomic E-state index is 5.80. The normalized spacial score (nSPS) is 16.7. The molecule has 1 aliphatic rings. The number of anilines is 1. The maximum atomic E-state index is 5.80. The van der Waals surface area contributed by atoms with E-state index in [2.05, 4.69) is 34.3 Å². The molecule has 3 N–H and O–H groups in total. The molecule has 1 aromatic heterocycles. The summed E-state index contributed by atoms with van der Waals surface area (Å²) in [5.74, 6) is 0. The fourth-order valence-electron chi connectivity index (χ4n) is 2.76. The maximum Gasteiger partial charge on any atom is 0.0568 e. The van der Waals surface area contributed by atoms with Crippen molar-refractivity contribution < 1.29 is 0 Å². The number of nitrogens with one attached hydrogen (secondary N) is 1. The molecule has 100 valence electrons. The first-order chi connectivity index (χ1) is 9.24. The second-order valence-corrected chi connectivity index (χ2v) is 5.26. The van der Waals surface area contributed by atoms with E-state index < -0.39 is 0 Å². The molecule has 3 rings (SSSR count). The Kier molecular flexibility index (Phi) is 3.25. The summed E-state index contributed by atoms with van der Waals surface area (Å²) >= 11 is 0. The molecule has 0 aliphatic carbocycles. The SMILES string of the molecule is Cc1cc(N)ccc1-c1cnn(C2CCNCC2)c1. The van der Waals surface area contributed by atoms with Gasteiger partial charge in [0.05, 0.1) is 12.2 Å². The van der Waals surface area contributed by atoms with E-state index in [-0.39, 0.29) is 0 Å². The lowest BCUT2D eigenvalue weighted by atomic mass is 10.0. The van der Waals surface area contributed by atoms with Crippen LogP contribution < -0.4 is 11.1 Å². The molecule has 1 aromatic carbocycles. The molecule has 0 saturated carbocycles. The van der Waals surface area contributed by atoms with Crippen LogP contribution in [0.2, 0.25) is 0 Å².